The van der Waals surface area contributed by atoms with Gasteiger partial charge in [0, 0.05) is 83.7 Å². The van der Waals surface area contributed by atoms with Crippen molar-refractivity contribution >= 4 is 64.1 Å². The summed E-state index contributed by atoms with van der Waals surface area (Å²) < 4.78 is 55.6. The Morgan fingerprint density at radius 2 is 0.697 bits per heavy atom. The summed E-state index contributed by atoms with van der Waals surface area (Å²) >= 11 is 0. The third-order valence-electron chi connectivity index (χ3n) is 12.8. The summed E-state index contributed by atoms with van der Waals surface area (Å²) in [6.45, 7) is 2.95. The number of nitrogens with one attached hydrogen (secondary N) is 3. The van der Waals surface area contributed by atoms with Crippen LogP contribution < -0.4 is 50.4 Å². The Balaban J connectivity index is 0.000000258. The van der Waals surface area contributed by atoms with Crippen LogP contribution in [0.3, 0.4) is 0 Å². The van der Waals surface area contributed by atoms with Gasteiger partial charge in [-0.15, -0.1) is 0 Å². The van der Waals surface area contributed by atoms with E-state index in [-0.39, 0.29) is 69.8 Å². The summed E-state index contributed by atoms with van der Waals surface area (Å²) in [5.74, 6) is 2.85. The Hall–Kier alpha value is -11.8. The number of nitrogens with two attached hydrogens (primary N) is 1. The lowest BCUT2D eigenvalue weighted by Crippen LogP contribution is -2.27. The number of anilines is 6. The molecule has 99 heavy (non-hydrogen) atoms. The number of ketones is 1. The molecule has 0 unspecified atom stereocenters. The molecule has 9 rings (SSSR count). The third-order valence-corrected chi connectivity index (χ3v) is 12.8. The lowest BCUT2D eigenvalue weighted by Gasteiger charge is -2.17. The first-order valence-electron chi connectivity index (χ1n) is 30.5. The van der Waals surface area contributed by atoms with Crippen molar-refractivity contribution in [3.63, 3.8) is 0 Å². The zero-order chi connectivity index (χ0) is 71.8. The average Bonchev–Trinajstić information content (AvgIpc) is 1.00. The molecule has 4 amide bonds. The Bertz CT molecular complexity index is 3660. The first kappa shape index (κ1) is 79.6. The van der Waals surface area contributed by atoms with Gasteiger partial charge in [-0.2, -0.15) is 0 Å². The number of phenols is 2. The smallest absolute Gasteiger partial charge is 0.414 e. The van der Waals surface area contributed by atoms with Gasteiger partial charge >= 0.3 is 18.3 Å². The van der Waals surface area contributed by atoms with E-state index in [1.807, 2.05) is 122 Å². The summed E-state index contributed by atoms with van der Waals surface area (Å²) in [4.78, 5) is 60.6. The minimum absolute atomic E-state index is 0.0849. The number of hydrogen-bond donors (Lipinski definition) is 6. The van der Waals surface area contributed by atoms with Crippen molar-refractivity contribution in [2.75, 3.05) is 108 Å². The van der Waals surface area contributed by atoms with Crippen molar-refractivity contribution < 1.29 is 86.3 Å². The van der Waals surface area contributed by atoms with Crippen LogP contribution in [0.15, 0.2) is 237 Å². The highest BCUT2D eigenvalue weighted by molar-refractivity contribution is 6.04. The van der Waals surface area contributed by atoms with Gasteiger partial charge in [-0.05, 0) is 169 Å². The Morgan fingerprint density at radius 1 is 0.394 bits per heavy atom. The van der Waals surface area contributed by atoms with E-state index in [4.69, 9.17) is 68.1 Å². The highest BCUT2D eigenvalue weighted by atomic mass is 16.7. The topological polar surface area (TPSA) is 296 Å². The number of amides is 4. The van der Waals surface area contributed by atoms with E-state index in [0.29, 0.717) is 46.8 Å². The zero-order valence-corrected chi connectivity index (χ0v) is 56.6. The van der Waals surface area contributed by atoms with Gasteiger partial charge in [0.05, 0.1) is 6.42 Å². The van der Waals surface area contributed by atoms with Crippen LogP contribution in [-0.4, -0.2) is 117 Å². The SMILES string of the molecule is CNc1ccc(OCOC)cc1.COCOc1ccc(N(C)C(=O)CC(C)=O)cc1.COCOc1ccc(N(C)C(=O)OCc2ccccc2)cc1.COCOc1ccc(NC(=O)OCc2ccccc2)cc1.Nc1ccc(O)cc1.O=C(Nc1ccc(O)cc1)OCc1ccccc1. The first-order chi connectivity index (χ1) is 47.9. The lowest BCUT2D eigenvalue weighted by molar-refractivity contribution is -0.125. The number of aromatic hydroxyl groups is 2. The van der Waals surface area contributed by atoms with Gasteiger partial charge in [0.15, 0.2) is 27.2 Å². The molecule has 0 spiro atoms. The van der Waals surface area contributed by atoms with Gasteiger partial charge < -0.3 is 78.3 Å². The summed E-state index contributed by atoms with van der Waals surface area (Å²) in [5, 5.41) is 26.0. The number of hydrogen-bond acceptors (Lipinski definition) is 20. The molecule has 24 heteroatoms. The second kappa shape index (κ2) is 47.1. The van der Waals surface area contributed by atoms with Crippen molar-refractivity contribution in [3.8, 4) is 34.5 Å². The number of nitrogens with zero attached hydrogens (tertiary/aromatic N) is 2. The van der Waals surface area contributed by atoms with Crippen LogP contribution in [0.2, 0.25) is 0 Å². The Labute approximate surface area is 577 Å². The normalized spacial score (nSPS) is 9.82. The third kappa shape index (κ3) is 34.4. The van der Waals surface area contributed by atoms with E-state index in [0.717, 1.165) is 33.8 Å². The van der Waals surface area contributed by atoms with Crippen LogP contribution >= 0.6 is 0 Å². The Morgan fingerprint density at radius 3 is 1.02 bits per heavy atom. The van der Waals surface area contributed by atoms with Crippen molar-refractivity contribution in [2.24, 2.45) is 0 Å². The van der Waals surface area contributed by atoms with Crippen LogP contribution in [-0.2, 0) is 62.6 Å². The van der Waals surface area contributed by atoms with E-state index >= 15 is 0 Å². The molecule has 0 heterocycles. The van der Waals surface area contributed by atoms with Crippen LogP contribution in [0.5, 0.6) is 34.5 Å². The van der Waals surface area contributed by atoms with Gasteiger partial charge in [0.25, 0.3) is 0 Å². The van der Waals surface area contributed by atoms with Crippen LogP contribution in [0, 0.1) is 0 Å². The number of carbonyl (C=O) groups is 5. The lowest BCUT2D eigenvalue weighted by atomic mass is 10.2. The standard InChI is InChI=1S/C17H19NO4.C16H17NO4.C14H13NO3.C13H17NO4.C9H13NO2.C6H7NO/c1-18(15-8-10-16(11-9-15)22-13-20-2)17(19)21-12-14-6-4-3-5-7-14;1-19-12-21-15-9-7-14(8-10-15)17-16(18)20-11-13-5-3-2-4-6-13;16-13-8-6-12(7-9-13)15-14(17)18-10-11-4-2-1-3-5-11;1-10(15)8-13(16)14(2)11-4-6-12(7-5-11)18-9-17-3;1-10-8-3-5-9(6-4-8)12-7-11-2;7-5-1-3-6(8)4-2-5/h3-11H,12-13H2,1-2H3;2-10H,11-12H2,1H3,(H,17,18);1-9,16H,10H2,(H,15,17);4-7H,8-9H2,1-3H3;3-6,10H,7H2,1-2H3;1-4,8H,7H2. The predicted octanol–water partition coefficient (Wildman–Crippen LogP) is 14.3. The van der Waals surface area contributed by atoms with E-state index < -0.39 is 18.3 Å². The summed E-state index contributed by atoms with van der Waals surface area (Å²) in [5.41, 5.74) is 12.5. The Kier molecular flexibility index (Phi) is 37.9. The molecule has 0 aromatic heterocycles. The highest BCUT2D eigenvalue weighted by Crippen LogP contribution is 2.23. The van der Waals surface area contributed by atoms with Crippen LogP contribution in [0.1, 0.15) is 30.0 Å². The number of carbonyl (C=O) groups excluding carboxylic acids is 5. The fourth-order valence-electron chi connectivity index (χ4n) is 7.56. The second-order valence-electron chi connectivity index (χ2n) is 20.4. The molecule has 7 N–H and O–H groups in total. The minimum atomic E-state index is -0.524. The van der Waals surface area contributed by atoms with Crippen LogP contribution in [0.4, 0.5) is 48.5 Å². The molecular formula is C75H86N6O18. The van der Waals surface area contributed by atoms with E-state index in [1.54, 1.807) is 152 Å². The fourth-order valence-corrected chi connectivity index (χ4v) is 7.56. The minimum Gasteiger partial charge on any atom is -0.508 e. The molecule has 0 radical (unpaired) electrons. The van der Waals surface area contributed by atoms with Gasteiger partial charge in [-0.3, -0.25) is 25.1 Å². The van der Waals surface area contributed by atoms with E-state index in [9.17, 15) is 24.0 Å². The molecule has 524 valence electrons. The molecule has 0 aliphatic heterocycles. The van der Waals surface area contributed by atoms with Gasteiger partial charge in [0.2, 0.25) is 5.91 Å². The maximum Gasteiger partial charge on any atom is 0.414 e. The molecule has 0 aliphatic carbocycles. The molecule has 0 saturated carbocycles. The number of phenolic OH excluding ortho intramolecular Hbond substituents is 2. The molecule has 0 saturated heterocycles. The zero-order valence-electron chi connectivity index (χ0n) is 56.6. The largest absolute Gasteiger partial charge is 0.508 e. The van der Waals surface area contributed by atoms with Gasteiger partial charge in [-0.25, -0.2) is 14.4 Å². The van der Waals surface area contributed by atoms with Crippen LogP contribution in [0.25, 0.3) is 0 Å². The summed E-state index contributed by atoms with van der Waals surface area (Å²) in [6.07, 6.45) is -1.51. The number of ether oxygens (including phenoxy) is 11. The number of methoxy groups -OCH3 is 4. The van der Waals surface area contributed by atoms with Crippen molar-refractivity contribution in [3.05, 3.63) is 253 Å². The molecular weight excluding hydrogens is 1270 g/mol. The van der Waals surface area contributed by atoms with Gasteiger partial charge in [-0.1, -0.05) is 91.0 Å². The van der Waals surface area contributed by atoms with E-state index in [2.05, 4.69) is 16.0 Å². The quantitative estimate of drug-likeness (QED) is 0.0102. The van der Waals surface area contributed by atoms with Crippen molar-refractivity contribution in [1.82, 2.24) is 0 Å². The molecule has 9 aromatic carbocycles. The van der Waals surface area contributed by atoms with E-state index in [1.165, 1.54) is 28.9 Å². The highest BCUT2D eigenvalue weighted by Gasteiger charge is 2.15. The summed E-state index contributed by atoms with van der Waals surface area (Å²) in [7, 11) is 11.4. The summed E-state index contributed by atoms with van der Waals surface area (Å²) in [6, 6.07) is 69.8. The monoisotopic (exact) mass is 1360 g/mol. The molecule has 24 nitrogen and oxygen atoms in total. The van der Waals surface area contributed by atoms with Gasteiger partial charge in [0.1, 0.15) is 60.1 Å². The molecule has 0 bridgehead atoms. The number of Topliss-reactive ketones (excluding diaryl/α,β-unsaturated/α-hetero) is 1. The number of nitrogen functional groups attached to an aromatic ring is 1. The second-order valence-corrected chi connectivity index (χ2v) is 20.4. The molecule has 0 fully saturated rings. The fraction of sp³-hybridized carbons (Fsp3) is 0.213. The predicted molar refractivity (Wildman–Crippen MR) is 380 cm³/mol. The van der Waals surface area contributed by atoms with Crippen molar-refractivity contribution in [2.45, 2.75) is 33.2 Å². The maximum atomic E-state index is 12.0. The van der Waals surface area contributed by atoms with Crippen molar-refractivity contribution in [1.29, 1.82) is 0 Å². The number of rotatable bonds is 25. The molecule has 0 aliphatic rings. The molecule has 9 aromatic rings. The molecule has 0 atom stereocenters. The first-order valence-corrected chi connectivity index (χ1v) is 30.5. The maximum absolute atomic E-state index is 12.0. The average molecular weight is 1360 g/mol. The number of benzene rings is 9.